The Labute approximate surface area is 157 Å². The van der Waals surface area contributed by atoms with Gasteiger partial charge in [0.25, 0.3) is 0 Å². The Hall–Kier alpha value is -3.22. The summed E-state index contributed by atoms with van der Waals surface area (Å²) in [5.74, 6) is 0.810. The monoisotopic (exact) mass is 376 g/mol. The van der Waals surface area contributed by atoms with Crippen molar-refractivity contribution in [1.82, 2.24) is 0 Å². The molecule has 27 heavy (non-hydrogen) atoms. The molecule has 2 aromatic rings. The highest BCUT2D eigenvalue weighted by Gasteiger charge is 2.12. The summed E-state index contributed by atoms with van der Waals surface area (Å²) in [4.78, 5) is 12.0. The maximum Gasteiger partial charge on any atom is 0.331 e. The Morgan fingerprint density at radius 1 is 0.926 bits per heavy atom. The molecule has 0 heterocycles. The molecule has 144 valence electrons. The van der Waals surface area contributed by atoms with Crippen LogP contribution >= 0.6 is 0 Å². The highest BCUT2D eigenvalue weighted by molar-refractivity contribution is 5.87. The van der Waals surface area contributed by atoms with Crippen LogP contribution < -0.4 is 18.9 Å². The van der Waals surface area contributed by atoms with E-state index < -0.39 is 11.8 Å². The summed E-state index contributed by atoms with van der Waals surface area (Å²) in [6.45, 7) is -0.112. The Morgan fingerprint density at radius 2 is 1.56 bits per heavy atom. The summed E-state index contributed by atoms with van der Waals surface area (Å²) in [5.41, 5.74) is 1.09. The topological polar surface area (TPSA) is 63.2 Å². The number of hydrogen-bond acceptors (Lipinski definition) is 6. The van der Waals surface area contributed by atoms with Crippen LogP contribution in [0.2, 0.25) is 0 Å². The van der Waals surface area contributed by atoms with Gasteiger partial charge in [-0.25, -0.2) is 9.18 Å². The lowest BCUT2D eigenvalue weighted by Crippen LogP contribution is -2.03. The van der Waals surface area contributed by atoms with Crippen LogP contribution in [0, 0.1) is 5.82 Å². The number of rotatable bonds is 8. The van der Waals surface area contributed by atoms with Gasteiger partial charge in [-0.1, -0.05) is 0 Å². The van der Waals surface area contributed by atoms with Gasteiger partial charge in [-0.15, -0.1) is 0 Å². The fourth-order valence-corrected chi connectivity index (χ4v) is 2.42. The Balaban J connectivity index is 2.10. The first-order valence-corrected chi connectivity index (χ1v) is 7.99. The van der Waals surface area contributed by atoms with Crippen LogP contribution in [0.1, 0.15) is 11.1 Å². The van der Waals surface area contributed by atoms with Gasteiger partial charge in [0, 0.05) is 11.6 Å². The van der Waals surface area contributed by atoms with E-state index in [-0.39, 0.29) is 6.61 Å². The first-order chi connectivity index (χ1) is 13.0. The number of esters is 1. The molecule has 0 saturated carbocycles. The average molecular weight is 376 g/mol. The van der Waals surface area contributed by atoms with Crippen LogP contribution in [0.4, 0.5) is 4.39 Å². The van der Waals surface area contributed by atoms with Crippen LogP contribution in [0.15, 0.2) is 36.4 Å². The van der Waals surface area contributed by atoms with Gasteiger partial charge in [-0.2, -0.15) is 0 Å². The van der Waals surface area contributed by atoms with Crippen LogP contribution in [-0.2, 0) is 16.1 Å². The molecule has 0 aliphatic carbocycles. The van der Waals surface area contributed by atoms with E-state index in [1.165, 1.54) is 52.7 Å². The van der Waals surface area contributed by atoms with Crippen molar-refractivity contribution < 1.29 is 32.9 Å². The van der Waals surface area contributed by atoms with Gasteiger partial charge in [0.05, 0.1) is 28.4 Å². The first kappa shape index (κ1) is 20.1. The quantitative estimate of drug-likeness (QED) is 0.518. The molecule has 0 spiro atoms. The number of carbonyl (C=O) groups excluding carboxylic acids is 1. The molecule has 2 aromatic carbocycles. The van der Waals surface area contributed by atoms with Crippen molar-refractivity contribution >= 4 is 12.0 Å². The number of hydrogen-bond donors (Lipinski definition) is 0. The van der Waals surface area contributed by atoms with Gasteiger partial charge in [0.15, 0.2) is 11.5 Å². The normalized spacial score (nSPS) is 10.6. The molecule has 6 nitrogen and oxygen atoms in total. The zero-order chi connectivity index (χ0) is 19.8. The molecule has 0 aliphatic heterocycles. The lowest BCUT2D eigenvalue weighted by Gasteiger charge is -2.12. The molecule has 0 atom stereocenters. The largest absolute Gasteiger partial charge is 0.496 e. The molecule has 0 N–H and O–H groups in total. The SMILES string of the molecule is COc1ccc(F)cc1COC(=O)/C=C/c1cc(OC)c(OC)c(OC)c1. The second-order valence-corrected chi connectivity index (χ2v) is 5.36. The Morgan fingerprint density at radius 3 is 2.11 bits per heavy atom. The molecule has 0 fully saturated rings. The van der Waals surface area contributed by atoms with Gasteiger partial charge in [-0.3, -0.25) is 0 Å². The van der Waals surface area contributed by atoms with E-state index in [2.05, 4.69) is 0 Å². The minimum absolute atomic E-state index is 0.112. The second kappa shape index (κ2) is 9.47. The second-order valence-electron chi connectivity index (χ2n) is 5.36. The summed E-state index contributed by atoms with van der Waals surface area (Å²) < 4.78 is 39.4. The molecule has 0 unspecified atom stereocenters. The van der Waals surface area contributed by atoms with Crippen molar-refractivity contribution in [2.24, 2.45) is 0 Å². The van der Waals surface area contributed by atoms with Crippen LogP contribution in [-0.4, -0.2) is 34.4 Å². The van der Waals surface area contributed by atoms with E-state index >= 15 is 0 Å². The van der Waals surface area contributed by atoms with E-state index in [1.807, 2.05) is 0 Å². The molecule has 0 amide bonds. The number of carbonyl (C=O) groups is 1. The van der Waals surface area contributed by atoms with Gasteiger partial charge >= 0.3 is 5.97 Å². The molecule has 0 bridgehead atoms. The maximum atomic E-state index is 13.3. The van der Waals surface area contributed by atoms with E-state index in [0.29, 0.717) is 34.1 Å². The molecule has 0 aliphatic rings. The van der Waals surface area contributed by atoms with Crippen molar-refractivity contribution in [2.75, 3.05) is 28.4 Å². The summed E-state index contributed by atoms with van der Waals surface area (Å²) in [7, 11) is 5.98. The molecule has 0 saturated heterocycles. The van der Waals surface area contributed by atoms with E-state index in [4.69, 9.17) is 23.7 Å². The zero-order valence-corrected chi connectivity index (χ0v) is 15.6. The smallest absolute Gasteiger partial charge is 0.331 e. The molecule has 0 aromatic heterocycles. The number of benzene rings is 2. The number of ether oxygens (including phenoxy) is 5. The van der Waals surface area contributed by atoms with Crippen molar-refractivity contribution in [3.05, 3.63) is 53.4 Å². The molecule has 0 radical (unpaired) electrons. The standard InChI is InChI=1S/C20H21FO6/c1-23-16-7-6-15(21)11-14(16)12-27-19(22)8-5-13-9-17(24-2)20(26-4)18(10-13)25-3/h5-11H,12H2,1-4H3/b8-5+. The Kier molecular flexibility index (Phi) is 7.05. The van der Waals surface area contributed by atoms with Gasteiger partial charge < -0.3 is 23.7 Å². The van der Waals surface area contributed by atoms with Gasteiger partial charge in [0.1, 0.15) is 18.2 Å². The number of methoxy groups -OCH3 is 4. The van der Waals surface area contributed by atoms with Crippen LogP contribution in [0.3, 0.4) is 0 Å². The van der Waals surface area contributed by atoms with Gasteiger partial charge in [0.2, 0.25) is 5.75 Å². The van der Waals surface area contributed by atoms with Crippen molar-refractivity contribution in [1.29, 1.82) is 0 Å². The van der Waals surface area contributed by atoms with Crippen molar-refractivity contribution in [3.63, 3.8) is 0 Å². The van der Waals surface area contributed by atoms with E-state index in [0.717, 1.165) is 0 Å². The highest BCUT2D eigenvalue weighted by atomic mass is 19.1. The predicted octanol–water partition coefficient (Wildman–Crippen LogP) is 3.62. The average Bonchev–Trinajstić information content (AvgIpc) is 2.69. The summed E-state index contributed by atoms with van der Waals surface area (Å²) >= 11 is 0. The molecular formula is C20H21FO6. The zero-order valence-electron chi connectivity index (χ0n) is 15.6. The minimum Gasteiger partial charge on any atom is -0.496 e. The third-order valence-corrected chi connectivity index (χ3v) is 3.71. The summed E-state index contributed by atoms with van der Waals surface area (Å²) in [6, 6.07) is 7.40. The summed E-state index contributed by atoms with van der Waals surface area (Å²) in [5, 5.41) is 0. The maximum absolute atomic E-state index is 13.3. The highest BCUT2D eigenvalue weighted by Crippen LogP contribution is 2.38. The van der Waals surface area contributed by atoms with E-state index in [1.54, 1.807) is 18.2 Å². The van der Waals surface area contributed by atoms with E-state index in [9.17, 15) is 9.18 Å². The third kappa shape index (κ3) is 5.13. The van der Waals surface area contributed by atoms with Crippen LogP contribution in [0.5, 0.6) is 23.0 Å². The third-order valence-electron chi connectivity index (χ3n) is 3.71. The lowest BCUT2D eigenvalue weighted by molar-refractivity contribution is -0.138. The lowest BCUT2D eigenvalue weighted by atomic mass is 10.1. The van der Waals surface area contributed by atoms with Crippen molar-refractivity contribution in [3.8, 4) is 23.0 Å². The molecular weight excluding hydrogens is 355 g/mol. The van der Waals surface area contributed by atoms with Crippen LogP contribution in [0.25, 0.3) is 6.08 Å². The first-order valence-electron chi connectivity index (χ1n) is 7.99. The predicted molar refractivity (Wildman–Crippen MR) is 97.9 cm³/mol. The van der Waals surface area contributed by atoms with Gasteiger partial charge in [-0.05, 0) is 42.0 Å². The molecule has 7 heteroatoms. The van der Waals surface area contributed by atoms with Crippen molar-refractivity contribution in [2.45, 2.75) is 6.61 Å². The Bertz CT molecular complexity index is 806. The molecule has 2 rings (SSSR count). The summed E-state index contributed by atoms with van der Waals surface area (Å²) in [6.07, 6.45) is 2.81. The fraction of sp³-hybridized carbons (Fsp3) is 0.250. The number of halogens is 1. The minimum atomic E-state index is -0.588. The fourth-order valence-electron chi connectivity index (χ4n) is 2.42.